The van der Waals surface area contributed by atoms with Crippen molar-refractivity contribution < 1.29 is 9.84 Å². The zero-order chi connectivity index (χ0) is 15.8. The Hall–Kier alpha value is -1.16. The van der Waals surface area contributed by atoms with Crippen LogP contribution in [0.4, 0.5) is 0 Å². The summed E-state index contributed by atoms with van der Waals surface area (Å²) in [7, 11) is 0. The highest BCUT2D eigenvalue weighted by Crippen LogP contribution is 2.44. The van der Waals surface area contributed by atoms with Gasteiger partial charge in [-0.25, -0.2) is 0 Å². The maximum Gasteiger partial charge on any atom is 0.0838 e. The van der Waals surface area contributed by atoms with Crippen LogP contribution < -0.4 is 0 Å². The molecule has 120 valence electrons. The summed E-state index contributed by atoms with van der Waals surface area (Å²) in [6.45, 7) is 0. The summed E-state index contributed by atoms with van der Waals surface area (Å²) >= 11 is 3.68. The highest BCUT2D eigenvalue weighted by molar-refractivity contribution is 9.10. The van der Waals surface area contributed by atoms with E-state index < -0.39 is 0 Å². The van der Waals surface area contributed by atoms with E-state index in [9.17, 15) is 5.11 Å². The third kappa shape index (κ3) is 2.86. The Kier molecular flexibility index (Phi) is 4.27. The van der Waals surface area contributed by atoms with Crippen LogP contribution >= 0.6 is 15.9 Å². The molecule has 2 aromatic carbocycles. The monoisotopic (exact) mass is 372 g/mol. The van der Waals surface area contributed by atoms with E-state index in [-0.39, 0.29) is 18.3 Å². The standard InChI is InChI=1S/C20H21BrO2/c21-17-9-3-8-15-13(17)7-4-10-19(15)23-20-12-11-18(22)14-5-1-2-6-16(14)20/h1-3,5-6,8-9,18-20,22H,4,7,10-12H2. The highest BCUT2D eigenvalue weighted by atomic mass is 79.9. The molecule has 2 aliphatic carbocycles. The number of benzene rings is 2. The molecule has 3 heteroatoms. The van der Waals surface area contributed by atoms with E-state index in [0.717, 1.165) is 43.2 Å². The summed E-state index contributed by atoms with van der Waals surface area (Å²) in [5, 5.41) is 10.2. The molecule has 0 spiro atoms. The Labute approximate surface area is 145 Å². The molecule has 3 atom stereocenters. The normalized spacial score (nSPS) is 26.4. The first-order chi connectivity index (χ1) is 11.2. The van der Waals surface area contributed by atoms with Gasteiger partial charge in [-0.3, -0.25) is 0 Å². The van der Waals surface area contributed by atoms with Crippen LogP contribution in [-0.2, 0) is 11.2 Å². The molecule has 0 amide bonds. The van der Waals surface area contributed by atoms with Crippen LogP contribution in [0.2, 0.25) is 0 Å². The molecule has 2 nitrogen and oxygen atoms in total. The quantitative estimate of drug-likeness (QED) is 0.763. The number of aliphatic hydroxyl groups is 1. The average molecular weight is 373 g/mol. The number of rotatable bonds is 2. The lowest BCUT2D eigenvalue weighted by Crippen LogP contribution is -2.21. The van der Waals surface area contributed by atoms with E-state index in [1.54, 1.807) is 0 Å². The number of halogens is 1. The molecular formula is C20H21BrO2. The van der Waals surface area contributed by atoms with Gasteiger partial charge in [-0.2, -0.15) is 0 Å². The number of aliphatic hydroxyl groups excluding tert-OH is 1. The molecule has 0 aromatic heterocycles. The lowest BCUT2D eigenvalue weighted by Gasteiger charge is -2.34. The first-order valence-corrected chi connectivity index (χ1v) is 9.23. The fourth-order valence-electron chi connectivity index (χ4n) is 3.97. The first-order valence-electron chi connectivity index (χ1n) is 8.43. The van der Waals surface area contributed by atoms with Crippen molar-refractivity contribution >= 4 is 15.9 Å². The topological polar surface area (TPSA) is 29.5 Å². The van der Waals surface area contributed by atoms with Gasteiger partial charge in [0.1, 0.15) is 0 Å². The fraction of sp³-hybridized carbons (Fsp3) is 0.400. The third-order valence-corrected chi connectivity index (χ3v) is 5.87. The lowest BCUT2D eigenvalue weighted by atomic mass is 9.86. The van der Waals surface area contributed by atoms with Gasteiger partial charge in [0.05, 0.1) is 18.3 Å². The largest absolute Gasteiger partial charge is 0.388 e. The maximum atomic E-state index is 10.2. The predicted molar refractivity (Wildman–Crippen MR) is 94.3 cm³/mol. The highest BCUT2D eigenvalue weighted by Gasteiger charge is 2.30. The van der Waals surface area contributed by atoms with Gasteiger partial charge in [-0.15, -0.1) is 0 Å². The van der Waals surface area contributed by atoms with E-state index >= 15 is 0 Å². The Bertz CT molecular complexity index is 713. The summed E-state index contributed by atoms with van der Waals surface area (Å²) in [5.74, 6) is 0. The summed E-state index contributed by atoms with van der Waals surface area (Å²) in [5.41, 5.74) is 4.92. The number of hydrogen-bond donors (Lipinski definition) is 1. The molecule has 0 aliphatic heterocycles. The van der Waals surface area contributed by atoms with E-state index in [1.165, 1.54) is 15.6 Å². The second-order valence-electron chi connectivity index (χ2n) is 6.54. The van der Waals surface area contributed by atoms with Crippen molar-refractivity contribution in [1.29, 1.82) is 0 Å². The van der Waals surface area contributed by atoms with Crippen molar-refractivity contribution in [2.24, 2.45) is 0 Å². The van der Waals surface area contributed by atoms with Crippen molar-refractivity contribution in [3.8, 4) is 0 Å². The molecule has 2 aromatic rings. The smallest absolute Gasteiger partial charge is 0.0838 e. The van der Waals surface area contributed by atoms with Gasteiger partial charge in [-0.1, -0.05) is 52.3 Å². The van der Waals surface area contributed by atoms with E-state index in [1.807, 2.05) is 18.2 Å². The molecule has 0 saturated carbocycles. The SMILES string of the molecule is OC1CCC(OC2CCCc3c(Br)cccc32)c2ccccc21. The van der Waals surface area contributed by atoms with Crippen LogP contribution in [0.25, 0.3) is 0 Å². The molecule has 0 heterocycles. The van der Waals surface area contributed by atoms with Crippen LogP contribution in [0.1, 0.15) is 66.2 Å². The van der Waals surface area contributed by atoms with Crippen molar-refractivity contribution in [1.82, 2.24) is 0 Å². The van der Waals surface area contributed by atoms with Crippen LogP contribution in [0.15, 0.2) is 46.9 Å². The zero-order valence-corrected chi connectivity index (χ0v) is 14.6. The molecule has 4 rings (SSSR count). The minimum absolute atomic E-state index is 0.0875. The second-order valence-corrected chi connectivity index (χ2v) is 7.39. The predicted octanol–water partition coefficient (Wildman–Crippen LogP) is 5.41. The molecule has 0 fully saturated rings. The van der Waals surface area contributed by atoms with Crippen LogP contribution in [-0.4, -0.2) is 5.11 Å². The van der Waals surface area contributed by atoms with Crippen LogP contribution in [0.3, 0.4) is 0 Å². The summed E-state index contributed by atoms with van der Waals surface area (Å²) in [6.07, 6.45) is 4.92. The van der Waals surface area contributed by atoms with E-state index in [4.69, 9.17) is 4.74 Å². The van der Waals surface area contributed by atoms with Gasteiger partial charge in [0.15, 0.2) is 0 Å². The molecule has 0 bridgehead atoms. The van der Waals surface area contributed by atoms with Crippen LogP contribution in [0.5, 0.6) is 0 Å². The fourth-order valence-corrected chi connectivity index (χ4v) is 4.55. The molecule has 0 saturated heterocycles. The average Bonchev–Trinajstić information content (AvgIpc) is 2.58. The summed E-state index contributed by atoms with van der Waals surface area (Å²) < 4.78 is 7.75. The van der Waals surface area contributed by atoms with Crippen LogP contribution in [0, 0.1) is 0 Å². The zero-order valence-electron chi connectivity index (χ0n) is 13.0. The number of fused-ring (bicyclic) bond motifs is 2. The summed E-state index contributed by atoms with van der Waals surface area (Å²) in [6, 6.07) is 14.6. The van der Waals surface area contributed by atoms with Gasteiger partial charge in [0.25, 0.3) is 0 Å². The Morgan fingerprint density at radius 1 is 0.870 bits per heavy atom. The van der Waals surface area contributed by atoms with Gasteiger partial charge >= 0.3 is 0 Å². The lowest BCUT2D eigenvalue weighted by molar-refractivity contribution is -0.0421. The maximum absolute atomic E-state index is 10.2. The van der Waals surface area contributed by atoms with E-state index in [0.29, 0.717) is 0 Å². The Morgan fingerprint density at radius 3 is 2.48 bits per heavy atom. The van der Waals surface area contributed by atoms with Crippen molar-refractivity contribution in [2.45, 2.75) is 50.4 Å². The van der Waals surface area contributed by atoms with Gasteiger partial charge < -0.3 is 9.84 Å². The molecular weight excluding hydrogens is 352 g/mol. The Balaban J connectivity index is 1.63. The minimum Gasteiger partial charge on any atom is -0.388 e. The van der Waals surface area contributed by atoms with Crippen molar-refractivity contribution in [2.75, 3.05) is 0 Å². The third-order valence-electron chi connectivity index (χ3n) is 5.13. The molecule has 0 radical (unpaired) electrons. The Morgan fingerprint density at radius 2 is 1.61 bits per heavy atom. The van der Waals surface area contributed by atoms with E-state index in [2.05, 4.69) is 40.2 Å². The van der Waals surface area contributed by atoms with Gasteiger partial charge in [0.2, 0.25) is 0 Å². The molecule has 23 heavy (non-hydrogen) atoms. The number of ether oxygens (including phenoxy) is 1. The first kappa shape index (κ1) is 15.4. The number of hydrogen-bond acceptors (Lipinski definition) is 2. The molecule has 1 N–H and O–H groups in total. The van der Waals surface area contributed by atoms with Crippen molar-refractivity contribution in [3.05, 3.63) is 69.2 Å². The summed E-state index contributed by atoms with van der Waals surface area (Å²) in [4.78, 5) is 0. The molecule has 2 aliphatic rings. The second kappa shape index (κ2) is 6.39. The molecule has 3 unspecified atom stereocenters. The van der Waals surface area contributed by atoms with Gasteiger partial charge in [-0.05, 0) is 60.4 Å². The van der Waals surface area contributed by atoms with Gasteiger partial charge in [0, 0.05) is 4.47 Å². The van der Waals surface area contributed by atoms with Crippen molar-refractivity contribution in [3.63, 3.8) is 0 Å². The minimum atomic E-state index is -0.348.